The molecule has 0 radical (unpaired) electrons. The van der Waals surface area contributed by atoms with Gasteiger partial charge in [-0.15, -0.1) is 0 Å². The highest BCUT2D eigenvalue weighted by molar-refractivity contribution is 6.01. The van der Waals surface area contributed by atoms with Crippen LogP contribution in [0.15, 0.2) is 18.2 Å². The molecule has 3 rings (SSSR count). The second-order valence-electron chi connectivity index (χ2n) is 5.55. The highest BCUT2D eigenvalue weighted by atomic mass is 19.1. The van der Waals surface area contributed by atoms with Gasteiger partial charge in [0.1, 0.15) is 11.9 Å². The van der Waals surface area contributed by atoms with Crippen molar-refractivity contribution < 1.29 is 14.0 Å². The summed E-state index contributed by atoms with van der Waals surface area (Å²) in [6.45, 7) is 3.14. The van der Waals surface area contributed by atoms with Crippen molar-refractivity contribution in [3.8, 4) is 0 Å². The van der Waals surface area contributed by atoms with Crippen LogP contribution in [0.1, 0.15) is 12.8 Å². The number of hydrogen-bond acceptors (Lipinski definition) is 5. The molecule has 1 atom stereocenters. The standard InChI is InChI=1S/C15H19FN4O2/c16-11-2-1-10(9-13(11)20-7-5-17-6-8-20)18-12-3-4-14(21)19-15(12)22/h1-2,9,12,17-18H,3-8H2,(H,19,21,22)/t12-/m1/s1. The summed E-state index contributed by atoms with van der Waals surface area (Å²) in [5, 5.41) is 8.62. The Balaban J connectivity index is 1.74. The van der Waals surface area contributed by atoms with Crippen LogP contribution >= 0.6 is 0 Å². The van der Waals surface area contributed by atoms with Gasteiger partial charge in [0.25, 0.3) is 0 Å². The van der Waals surface area contributed by atoms with E-state index in [1.165, 1.54) is 6.07 Å². The molecule has 0 aromatic heterocycles. The first-order chi connectivity index (χ1) is 10.6. The Bertz CT molecular complexity index is 587. The first-order valence-corrected chi connectivity index (χ1v) is 7.49. The lowest BCUT2D eigenvalue weighted by atomic mass is 10.1. The number of rotatable bonds is 3. The second kappa shape index (κ2) is 6.31. The molecule has 22 heavy (non-hydrogen) atoms. The van der Waals surface area contributed by atoms with Gasteiger partial charge in [-0.25, -0.2) is 4.39 Å². The Hall–Kier alpha value is -2.15. The van der Waals surface area contributed by atoms with E-state index in [9.17, 15) is 14.0 Å². The maximum Gasteiger partial charge on any atom is 0.249 e. The van der Waals surface area contributed by atoms with Crippen LogP contribution in [0.25, 0.3) is 0 Å². The summed E-state index contributed by atoms with van der Waals surface area (Å²) in [4.78, 5) is 24.9. The zero-order valence-corrected chi connectivity index (χ0v) is 12.2. The summed E-state index contributed by atoms with van der Waals surface area (Å²) < 4.78 is 14.0. The number of piperazine rings is 1. The van der Waals surface area contributed by atoms with Crippen molar-refractivity contribution in [1.29, 1.82) is 0 Å². The highest BCUT2D eigenvalue weighted by Crippen LogP contribution is 2.25. The number of imide groups is 1. The fourth-order valence-corrected chi connectivity index (χ4v) is 2.78. The molecular formula is C15H19FN4O2. The number of halogens is 1. The average molecular weight is 306 g/mol. The second-order valence-corrected chi connectivity index (χ2v) is 5.55. The molecule has 6 nitrogen and oxygen atoms in total. The van der Waals surface area contributed by atoms with E-state index >= 15 is 0 Å². The zero-order chi connectivity index (χ0) is 15.5. The lowest BCUT2D eigenvalue weighted by Crippen LogP contribution is -2.47. The van der Waals surface area contributed by atoms with E-state index in [-0.39, 0.29) is 17.6 Å². The third-order valence-corrected chi connectivity index (χ3v) is 3.98. The number of anilines is 2. The van der Waals surface area contributed by atoms with Crippen LogP contribution < -0.4 is 20.9 Å². The van der Waals surface area contributed by atoms with Gasteiger partial charge >= 0.3 is 0 Å². The van der Waals surface area contributed by atoms with E-state index in [1.807, 2.05) is 4.90 Å². The third-order valence-electron chi connectivity index (χ3n) is 3.98. The largest absolute Gasteiger partial charge is 0.374 e. The SMILES string of the molecule is O=C1CC[C@@H](Nc2ccc(F)c(N3CCNCC3)c2)C(=O)N1. The predicted octanol–water partition coefficient (Wildman–Crippen LogP) is 0.452. The molecule has 2 aliphatic heterocycles. The van der Waals surface area contributed by atoms with Crippen molar-refractivity contribution in [1.82, 2.24) is 10.6 Å². The van der Waals surface area contributed by atoms with Gasteiger partial charge in [0.2, 0.25) is 11.8 Å². The van der Waals surface area contributed by atoms with Gasteiger partial charge in [0.15, 0.2) is 0 Å². The molecule has 0 bridgehead atoms. The monoisotopic (exact) mass is 306 g/mol. The van der Waals surface area contributed by atoms with Crippen LogP contribution in [0.4, 0.5) is 15.8 Å². The van der Waals surface area contributed by atoms with Crippen LogP contribution in [0.2, 0.25) is 0 Å². The fraction of sp³-hybridized carbons (Fsp3) is 0.467. The maximum atomic E-state index is 14.0. The summed E-state index contributed by atoms with van der Waals surface area (Å²) in [6, 6.07) is 4.29. The molecule has 118 valence electrons. The number of benzene rings is 1. The topological polar surface area (TPSA) is 73.5 Å². The molecule has 7 heteroatoms. The van der Waals surface area contributed by atoms with Crippen LogP contribution in [0.5, 0.6) is 0 Å². The predicted molar refractivity (Wildman–Crippen MR) is 81.3 cm³/mol. The molecular weight excluding hydrogens is 287 g/mol. The van der Waals surface area contributed by atoms with E-state index in [4.69, 9.17) is 0 Å². The molecule has 0 aliphatic carbocycles. The van der Waals surface area contributed by atoms with Crippen LogP contribution in [0, 0.1) is 5.82 Å². The number of hydrogen-bond donors (Lipinski definition) is 3. The first-order valence-electron chi connectivity index (χ1n) is 7.49. The minimum absolute atomic E-state index is 0.247. The molecule has 1 aromatic rings. The molecule has 2 aliphatic rings. The lowest BCUT2D eigenvalue weighted by Gasteiger charge is -2.30. The van der Waals surface area contributed by atoms with Crippen molar-refractivity contribution in [3.63, 3.8) is 0 Å². The number of nitrogens with one attached hydrogen (secondary N) is 3. The fourth-order valence-electron chi connectivity index (χ4n) is 2.78. The van der Waals surface area contributed by atoms with E-state index in [1.54, 1.807) is 12.1 Å². The van der Waals surface area contributed by atoms with Crippen molar-refractivity contribution in [2.75, 3.05) is 36.4 Å². The van der Waals surface area contributed by atoms with Crippen LogP contribution in [-0.4, -0.2) is 44.0 Å². The lowest BCUT2D eigenvalue weighted by molar-refractivity contribution is -0.133. The molecule has 0 unspecified atom stereocenters. The van der Waals surface area contributed by atoms with Crippen molar-refractivity contribution >= 4 is 23.2 Å². The number of carbonyl (C=O) groups excluding carboxylic acids is 2. The molecule has 2 fully saturated rings. The Kier molecular flexibility index (Phi) is 4.24. The molecule has 2 heterocycles. The number of carbonyl (C=O) groups is 2. The summed E-state index contributed by atoms with van der Waals surface area (Å²) in [7, 11) is 0. The molecule has 2 amide bonds. The summed E-state index contributed by atoms with van der Waals surface area (Å²) >= 11 is 0. The summed E-state index contributed by atoms with van der Waals surface area (Å²) in [6.07, 6.45) is 0.764. The maximum absolute atomic E-state index is 14.0. The van der Waals surface area contributed by atoms with E-state index in [2.05, 4.69) is 16.0 Å². The van der Waals surface area contributed by atoms with Crippen LogP contribution in [0.3, 0.4) is 0 Å². The van der Waals surface area contributed by atoms with Gasteiger partial charge in [0, 0.05) is 38.3 Å². The van der Waals surface area contributed by atoms with Gasteiger partial charge in [-0.2, -0.15) is 0 Å². The minimum atomic E-state index is -0.459. The van der Waals surface area contributed by atoms with Gasteiger partial charge in [-0.1, -0.05) is 0 Å². The minimum Gasteiger partial charge on any atom is -0.374 e. The van der Waals surface area contributed by atoms with E-state index in [0.29, 0.717) is 24.2 Å². The van der Waals surface area contributed by atoms with Crippen molar-refractivity contribution in [2.24, 2.45) is 0 Å². The van der Waals surface area contributed by atoms with Gasteiger partial charge in [-0.05, 0) is 24.6 Å². The quantitative estimate of drug-likeness (QED) is 0.707. The Labute approximate surface area is 128 Å². The first kappa shape index (κ1) is 14.8. The van der Waals surface area contributed by atoms with Gasteiger partial charge < -0.3 is 15.5 Å². The Morgan fingerprint density at radius 2 is 2.00 bits per heavy atom. The Morgan fingerprint density at radius 3 is 2.73 bits per heavy atom. The Morgan fingerprint density at radius 1 is 1.23 bits per heavy atom. The van der Waals surface area contributed by atoms with Crippen molar-refractivity contribution in [3.05, 3.63) is 24.0 Å². The zero-order valence-electron chi connectivity index (χ0n) is 12.2. The van der Waals surface area contributed by atoms with Gasteiger partial charge in [0.05, 0.1) is 5.69 Å². The van der Waals surface area contributed by atoms with Gasteiger partial charge in [-0.3, -0.25) is 14.9 Å². The molecule has 3 N–H and O–H groups in total. The normalized spacial score (nSPS) is 22.4. The number of piperidine rings is 1. The summed E-state index contributed by atoms with van der Waals surface area (Å²) in [5.74, 6) is -0.844. The molecule has 2 saturated heterocycles. The smallest absolute Gasteiger partial charge is 0.249 e. The molecule has 1 aromatic carbocycles. The molecule has 0 spiro atoms. The van der Waals surface area contributed by atoms with E-state index < -0.39 is 6.04 Å². The number of amides is 2. The van der Waals surface area contributed by atoms with Crippen molar-refractivity contribution in [2.45, 2.75) is 18.9 Å². The average Bonchev–Trinajstić information content (AvgIpc) is 2.52. The molecule has 0 saturated carbocycles. The highest BCUT2D eigenvalue weighted by Gasteiger charge is 2.26. The summed E-state index contributed by atoms with van der Waals surface area (Å²) in [5.41, 5.74) is 1.23. The van der Waals surface area contributed by atoms with E-state index in [0.717, 1.165) is 26.2 Å². The number of nitrogens with zero attached hydrogens (tertiary/aromatic N) is 1. The third kappa shape index (κ3) is 3.19. The van der Waals surface area contributed by atoms with Crippen LogP contribution in [-0.2, 0) is 9.59 Å².